The van der Waals surface area contributed by atoms with Gasteiger partial charge in [-0.15, -0.1) is 0 Å². The number of piperidine rings is 1. The van der Waals surface area contributed by atoms with Crippen LogP contribution in [0.25, 0.3) is 11.1 Å². The van der Waals surface area contributed by atoms with Crippen LogP contribution in [0, 0.1) is 9.49 Å². The van der Waals surface area contributed by atoms with Crippen LogP contribution in [0.4, 0.5) is 29.3 Å². The number of benzene rings is 3. The summed E-state index contributed by atoms with van der Waals surface area (Å²) in [6.07, 6.45) is -0.0675. The Balaban J connectivity index is 1.35. The molecule has 0 unspecified atom stereocenters. The Morgan fingerprint density at radius 2 is 1.75 bits per heavy atom. The van der Waals surface area contributed by atoms with Crippen molar-refractivity contribution in [2.45, 2.75) is 37.3 Å². The smallest absolute Gasteiger partial charge is 0.399 e. The van der Waals surface area contributed by atoms with Crippen LogP contribution < -0.4 is 11.1 Å². The van der Waals surface area contributed by atoms with Gasteiger partial charge in [0.25, 0.3) is 0 Å². The van der Waals surface area contributed by atoms with Crippen LogP contribution in [0.1, 0.15) is 36.8 Å². The summed E-state index contributed by atoms with van der Waals surface area (Å²) in [5, 5.41) is 2.68. The first-order chi connectivity index (χ1) is 19.0. The van der Waals surface area contributed by atoms with Crippen LogP contribution in [0.2, 0.25) is 0 Å². The second-order valence-corrected chi connectivity index (χ2v) is 12.4. The number of amides is 2. The van der Waals surface area contributed by atoms with E-state index < -0.39 is 17.8 Å². The molecule has 40 heavy (non-hydrogen) atoms. The van der Waals surface area contributed by atoms with E-state index in [1.165, 1.54) is 30.5 Å². The third-order valence-electron chi connectivity index (χ3n) is 8.15. The molecule has 2 fully saturated rings. The molecular formula is C31H34F3IN4O. The summed E-state index contributed by atoms with van der Waals surface area (Å²) < 4.78 is 40.3. The van der Waals surface area contributed by atoms with Gasteiger partial charge in [0, 0.05) is 40.5 Å². The van der Waals surface area contributed by atoms with Crippen molar-refractivity contribution in [3.05, 3.63) is 81.4 Å². The van der Waals surface area contributed by atoms with Gasteiger partial charge in [0.1, 0.15) is 0 Å². The zero-order valence-corrected chi connectivity index (χ0v) is 24.6. The number of urea groups is 1. The normalized spacial score (nSPS) is 17.4. The Labute approximate surface area is 247 Å². The lowest BCUT2D eigenvalue weighted by molar-refractivity contribution is -0.138. The third-order valence-corrected chi connectivity index (χ3v) is 9.09. The van der Waals surface area contributed by atoms with Crippen molar-refractivity contribution in [1.82, 2.24) is 9.80 Å². The molecule has 0 aromatic heterocycles. The van der Waals surface area contributed by atoms with E-state index in [4.69, 9.17) is 5.73 Å². The van der Waals surface area contributed by atoms with Gasteiger partial charge in [0.2, 0.25) is 0 Å². The lowest BCUT2D eigenvalue weighted by Gasteiger charge is -2.44. The van der Waals surface area contributed by atoms with Gasteiger partial charge in [0.05, 0.1) is 5.56 Å². The molecule has 5 nitrogen and oxygen atoms in total. The van der Waals surface area contributed by atoms with Crippen LogP contribution >= 0.6 is 22.6 Å². The van der Waals surface area contributed by atoms with E-state index in [9.17, 15) is 18.0 Å². The largest absolute Gasteiger partial charge is 0.417 e. The van der Waals surface area contributed by atoms with Gasteiger partial charge < -0.3 is 20.9 Å². The third kappa shape index (κ3) is 6.74. The van der Waals surface area contributed by atoms with Crippen molar-refractivity contribution >= 4 is 40.0 Å². The van der Waals surface area contributed by atoms with Crippen molar-refractivity contribution in [2.75, 3.05) is 44.3 Å². The van der Waals surface area contributed by atoms with Gasteiger partial charge in [-0.25, -0.2) is 4.79 Å². The number of anilines is 2. The summed E-state index contributed by atoms with van der Waals surface area (Å²) in [4.78, 5) is 17.3. The summed E-state index contributed by atoms with van der Waals surface area (Å²) in [5.41, 5.74) is 9.10. The number of nitrogen functional groups attached to an aromatic ring is 1. The number of likely N-dealkylation sites (tertiary alicyclic amines) is 1. The maximum atomic E-state index is 13.4. The van der Waals surface area contributed by atoms with Gasteiger partial charge in [-0.3, -0.25) is 0 Å². The first-order valence-electron chi connectivity index (χ1n) is 13.6. The Morgan fingerprint density at radius 3 is 2.38 bits per heavy atom. The second kappa shape index (κ2) is 11.6. The summed E-state index contributed by atoms with van der Waals surface area (Å²) in [6, 6.07) is 19.7. The van der Waals surface area contributed by atoms with E-state index in [-0.39, 0.29) is 14.7 Å². The van der Waals surface area contributed by atoms with E-state index in [2.05, 4.69) is 34.5 Å². The van der Waals surface area contributed by atoms with E-state index in [1.807, 2.05) is 24.3 Å². The predicted molar refractivity (Wildman–Crippen MR) is 162 cm³/mol. The lowest BCUT2D eigenvalue weighted by atomic mass is 9.72. The molecule has 0 radical (unpaired) electrons. The molecule has 0 spiro atoms. The predicted octanol–water partition coefficient (Wildman–Crippen LogP) is 7.47. The number of rotatable bonds is 7. The zero-order chi connectivity index (χ0) is 28.5. The number of carbonyl (C=O) groups is 1. The van der Waals surface area contributed by atoms with Crippen molar-refractivity contribution in [3.8, 4) is 11.1 Å². The fourth-order valence-corrected chi connectivity index (χ4v) is 6.31. The molecule has 1 aliphatic carbocycles. The molecule has 3 aromatic rings. The molecule has 5 rings (SSSR count). The van der Waals surface area contributed by atoms with Crippen molar-refractivity contribution in [1.29, 1.82) is 0 Å². The minimum Gasteiger partial charge on any atom is -0.399 e. The van der Waals surface area contributed by atoms with Gasteiger partial charge in [-0.2, -0.15) is 13.2 Å². The molecule has 2 aliphatic rings. The maximum absolute atomic E-state index is 13.4. The summed E-state index contributed by atoms with van der Waals surface area (Å²) >= 11 is 1.66. The second-order valence-electron chi connectivity index (χ2n) is 11.2. The monoisotopic (exact) mass is 662 g/mol. The fraction of sp³-hybridized carbons (Fsp3) is 0.387. The average Bonchev–Trinajstić information content (AvgIpc) is 3.74. The highest BCUT2D eigenvalue weighted by molar-refractivity contribution is 14.1. The van der Waals surface area contributed by atoms with E-state index >= 15 is 0 Å². The summed E-state index contributed by atoms with van der Waals surface area (Å²) in [5.74, 6) is 0.814. The molecule has 1 heterocycles. The molecule has 212 valence electrons. The highest BCUT2D eigenvalue weighted by atomic mass is 127. The number of hydrogen-bond donors (Lipinski definition) is 2. The molecule has 1 saturated heterocycles. The van der Waals surface area contributed by atoms with Crippen molar-refractivity contribution < 1.29 is 18.0 Å². The first kappa shape index (κ1) is 28.7. The van der Waals surface area contributed by atoms with E-state index in [0.717, 1.165) is 55.6 Å². The molecule has 0 atom stereocenters. The number of hydrogen-bond acceptors (Lipinski definition) is 3. The topological polar surface area (TPSA) is 61.6 Å². The van der Waals surface area contributed by atoms with Gasteiger partial charge in [-0.1, -0.05) is 36.4 Å². The highest BCUT2D eigenvalue weighted by Crippen LogP contribution is 2.40. The number of nitrogens with one attached hydrogen (secondary N) is 1. The van der Waals surface area contributed by atoms with Gasteiger partial charge in [-0.05, 0) is 114 Å². The Bertz CT molecular complexity index is 1350. The van der Waals surface area contributed by atoms with E-state index in [0.29, 0.717) is 12.2 Å². The quantitative estimate of drug-likeness (QED) is 0.204. The SMILES string of the molecule is CN(CC1(c2ccc(-c3cccc(N)c3)cc2)CCN(CC2CC2)CC1)C(=O)Nc1ccc(I)c(C(F)(F)F)c1. The van der Waals surface area contributed by atoms with Crippen LogP contribution in [-0.2, 0) is 11.6 Å². The Hall–Kier alpha value is -2.79. The lowest BCUT2D eigenvalue weighted by Crippen LogP contribution is -2.50. The minimum atomic E-state index is -4.49. The van der Waals surface area contributed by atoms with Crippen LogP contribution in [0.15, 0.2) is 66.7 Å². The maximum Gasteiger partial charge on any atom is 0.417 e. The summed E-state index contributed by atoms with van der Waals surface area (Å²) in [7, 11) is 1.71. The summed E-state index contributed by atoms with van der Waals surface area (Å²) in [6.45, 7) is 3.50. The molecule has 1 saturated carbocycles. The van der Waals surface area contributed by atoms with Crippen LogP contribution in [-0.4, -0.2) is 49.1 Å². The number of carbonyl (C=O) groups excluding carboxylic acids is 1. The average molecular weight is 663 g/mol. The number of nitrogens with two attached hydrogens (primary N) is 1. The number of likely N-dealkylation sites (N-methyl/N-ethyl adjacent to an activating group) is 1. The molecular weight excluding hydrogens is 628 g/mol. The zero-order valence-electron chi connectivity index (χ0n) is 22.5. The Morgan fingerprint density at radius 1 is 1.05 bits per heavy atom. The Kier molecular flexibility index (Phi) is 8.33. The van der Waals surface area contributed by atoms with Crippen LogP contribution in [0.5, 0.6) is 0 Å². The molecule has 1 aliphatic heterocycles. The molecule has 2 amide bonds. The van der Waals surface area contributed by atoms with Crippen molar-refractivity contribution in [3.63, 3.8) is 0 Å². The standard InChI is InChI=1S/C31H34F3IN4O/c1-38(29(40)37-26-11-12-28(35)27(18-26)31(32,33)34)20-30(13-15-39(16-14-30)19-21-5-6-21)24-9-7-22(8-10-24)23-3-2-4-25(36)17-23/h2-4,7-12,17-18,21H,5-6,13-16,19-20,36H2,1H3,(H,37,40). The fourth-order valence-electron chi connectivity index (χ4n) is 5.67. The van der Waals surface area contributed by atoms with Crippen molar-refractivity contribution in [2.24, 2.45) is 5.92 Å². The van der Waals surface area contributed by atoms with Gasteiger partial charge >= 0.3 is 12.2 Å². The molecule has 3 N–H and O–H groups in total. The minimum absolute atomic E-state index is 0.0926. The first-order valence-corrected chi connectivity index (χ1v) is 14.7. The molecule has 3 aromatic carbocycles. The number of nitrogens with zero attached hydrogens (tertiary/aromatic N) is 2. The number of halogens is 4. The highest BCUT2D eigenvalue weighted by Gasteiger charge is 2.39. The van der Waals surface area contributed by atoms with Crippen LogP contribution in [0.3, 0.4) is 0 Å². The van der Waals surface area contributed by atoms with E-state index in [1.54, 1.807) is 34.5 Å². The number of alkyl halides is 3. The molecule has 0 bridgehead atoms. The van der Waals surface area contributed by atoms with Gasteiger partial charge in [0.15, 0.2) is 0 Å². The molecule has 9 heteroatoms.